The molecule has 1 fully saturated rings. The lowest BCUT2D eigenvalue weighted by Gasteiger charge is -2.39. The monoisotopic (exact) mass is 639 g/mol. The van der Waals surface area contributed by atoms with Crippen LogP contribution in [0.4, 0.5) is 19.0 Å². The van der Waals surface area contributed by atoms with Gasteiger partial charge in [-0.25, -0.2) is 4.68 Å². The molecule has 1 amide bonds. The van der Waals surface area contributed by atoms with Crippen LogP contribution in [0.15, 0.2) is 78.9 Å². The molecule has 0 spiro atoms. The maximum atomic E-state index is 14.4. The molecule has 1 N–H and O–H groups in total. The second-order valence-electron chi connectivity index (χ2n) is 11.1. The van der Waals surface area contributed by atoms with Gasteiger partial charge in [-0.15, -0.1) is 0 Å². The third-order valence-corrected chi connectivity index (χ3v) is 8.86. The molecule has 45 heavy (non-hydrogen) atoms. The van der Waals surface area contributed by atoms with E-state index in [0.29, 0.717) is 43.2 Å². The number of carbonyl (C=O) groups is 1. The van der Waals surface area contributed by atoms with Crippen LogP contribution in [0.25, 0.3) is 0 Å². The van der Waals surface area contributed by atoms with Crippen molar-refractivity contribution in [3.8, 4) is 11.5 Å². The quantitative estimate of drug-likeness (QED) is 0.241. The summed E-state index contributed by atoms with van der Waals surface area (Å²) in [5.41, 5.74) is 2.64. The number of aromatic nitrogens is 2. The van der Waals surface area contributed by atoms with E-state index in [1.54, 1.807) is 23.1 Å². The van der Waals surface area contributed by atoms with E-state index < -0.39 is 24.2 Å². The van der Waals surface area contributed by atoms with Crippen LogP contribution in [0.5, 0.6) is 11.5 Å². The van der Waals surface area contributed by atoms with Crippen LogP contribution >= 0.6 is 11.6 Å². The summed E-state index contributed by atoms with van der Waals surface area (Å²) >= 11 is 6.65. The fraction of sp³-hybridized carbons (Fsp3) is 0.333. The van der Waals surface area contributed by atoms with E-state index >= 15 is 0 Å². The predicted octanol–water partition coefficient (Wildman–Crippen LogP) is 6.76. The maximum absolute atomic E-state index is 14.4. The maximum Gasteiger partial charge on any atom is 0.410 e. The largest absolute Gasteiger partial charge is 0.493 e. The van der Waals surface area contributed by atoms with Crippen molar-refractivity contribution in [1.29, 1.82) is 0 Å². The first kappa shape index (κ1) is 30.8. The van der Waals surface area contributed by atoms with Crippen LogP contribution in [0.3, 0.4) is 0 Å². The van der Waals surface area contributed by atoms with E-state index in [2.05, 4.69) is 39.6 Å². The van der Waals surface area contributed by atoms with Gasteiger partial charge in [0.25, 0.3) is 5.91 Å². The van der Waals surface area contributed by atoms with E-state index in [9.17, 15) is 18.0 Å². The molecule has 0 aliphatic carbocycles. The topological polar surface area (TPSA) is 71.9 Å². The zero-order valence-corrected chi connectivity index (χ0v) is 25.6. The lowest BCUT2D eigenvalue weighted by molar-refractivity contribution is -0.173. The third-order valence-electron chi connectivity index (χ3n) is 8.51. The third kappa shape index (κ3) is 6.06. The number of anilines is 1. The Bertz CT molecular complexity index is 1600. The van der Waals surface area contributed by atoms with Gasteiger partial charge in [0.15, 0.2) is 23.2 Å². The standard InChI is InChI=1S/C33H33ClF3N5O3/c1-44-25-14-13-23(19-26(25)45-2)24-20-27(33(35,36)37)42-31(38-24)28(34)29(39-42)32(43)41-17-15-40(16-18-41)30(21-9-5-3-6-10-21)22-11-7-4-8-12-22/h3-14,19,24,27,30,38H,15-18,20H2,1-2H3/t24-,27-/m0/s1. The first-order valence-corrected chi connectivity index (χ1v) is 15.0. The second-order valence-corrected chi connectivity index (χ2v) is 11.5. The molecule has 3 heterocycles. The molecule has 4 aromatic rings. The molecule has 2 atom stereocenters. The molecular weight excluding hydrogens is 607 g/mol. The Morgan fingerprint density at radius 1 is 0.911 bits per heavy atom. The van der Waals surface area contributed by atoms with Crippen molar-refractivity contribution < 1.29 is 27.4 Å². The molecule has 0 bridgehead atoms. The number of hydrogen-bond acceptors (Lipinski definition) is 6. The number of nitrogens with one attached hydrogen (secondary N) is 1. The van der Waals surface area contributed by atoms with Crippen LogP contribution in [-0.2, 0) is 0 Å². The van der Waals surface area contributed by atoms with Gasteiger partial charge in [-0.05, 0) is 28.8 Å². The van der Waals surface area contributed by atoms with Crippen molar-refractivity contribution in [3.63, 3.8) is 0 Å². The van der Waals surface area contributed by atoms with Gasteiger partial charge in [-0.2, -0.15) is 18.3 Å². The van der Waals surface area contributed by atoms with Crippen LogP contribution in [0, 0.1) is 0 Å². The van der Waals surface area contributed by atoms with Gasteiger partial charge in [0, 0.05) is 32.6 Å². The Morgan fingerprint density at radius 3 is 2.07 bits per heavy atom. The van der Waals surface area contributed by atoms with Crippen molar-refractivity contribution in [1.82, 2.24) is 19.6 Å². The summed E-state index contributed by atoms with van der Waals surface area (Å²) in [5, 5.41) is 7.14. The van der Waals surface area contributed by atoms with Gasteiger partial charge in [-0.1, -0.05) is 78.3 Å². The van der Waals surface area contributed by atoms with Crippen molar-refractivity contribution in [3.05, 3.63) is 106 Å². The lowest BCUT2D eigenvalue weighted by Crippen LogP contribution is -2.50. The molecule has 1 saturated heterocycles. The number of fused-ring (bicyclic) bond motifs is 1. The fourth-order valence-corrected chi connectivity index (χ4v) is 6.49. The Hall–Kier alpha value is -4.22. The first-order chi connectivity index (χ1) is 21.7. The number of benzene rings is 3. The highest BCUT2D eigenvalue weighted by atomic mass is 35.5. The van der Waals surface area contributed by atoms with Gasteiger partial charge < -0.3 is 19.7 Å². The smallest absolute Gasteiger partial charge is 0.410 e. The highest BCUT2D eigenvalue weighted by Crippen LogP contribution is 2.47. The summed E-state index contributed by atoms with van der Waals surface area (Å²) in [6.45, 7) is 1.88. The molecule has 2 aliphatic heterocycles. The molecule has 12 heteroatoms. The minimum Gasteiger partial charge on any atom is -0.493 e. The Balaban J connectivity index is 1.24. The molecule has 2 aliphatic rings. The molecule has 0 saturated carbocycles. The molecule has 1 aromatic heterocycles. The number of nitrogens with zero attached hydrogens (tertiary/aromatic N) is 4. The minimum atomic E-state index is -4.63. The summed E-state index contributed by atoms with van der Waals surface area (Å²) in [4.78, 5) is 17.6. The number of piperazine rings is 1. The SMILES string of the molecule is COc1ccc([C@@H]2C[C@@H](C(F)(F)F)n3nc(C(=O)N4CCN(C(c5ccccc5)c5ccccc5)CC4)c(Cl)c3N2)cc1OC. The van der Waals surface area contributed by atoms with Gasteiger partial charge >= 0.3 is 6.18 Å². The summed E-state index contributed by atoms with van der Waals surface area (Å²) in [6, 6.07) is 22.5. The molecule has 3 aromatic carbocycles. The second kappa shape index (κ2) is 12.6. The van der Waals surface area contributed by atoms with Crippen LogP contribution in [0.2, 0.25) is 5.02 Å². The van der Waals surface area contributed by atoms with E-state index in [4.69, 9.17) is 21.1 Å². The minimum absolute atomic E-state index is 0.00147. The number of amides is 1. The Kier molecular flexibility index (Phi) is 8.65. The number of ether oxygens (including phenoxy) is 2. The van der Waals surface area contributed by atoms with E-state index in [1.165, 1.54) is 14.2 Å². The first-order valence-electron chi connectivity index (χ1n) is 14.7. The Labute approximate surface area is 264 Å². The van der Waals surface area contributed by atoms with E-state index in [-0.39, 0.29) is 29.0 Å². The molecular formula is C33H33ClF3N5O3. The van der Waals surface area contributed by atoms with Crippen LogP contribution in [0.1, 0.15) is 51.7 Å². The zero-order chi connectivity index (χ0) is 31.7. The number of methoxy groups -OCH3 is 2. The average Bonchev–Trinajstić information content (AvgIpc) is 3.40. The molecule has 8 nitrogen and oxygen atoms in total. The number of rotatable bonds is 7. The van der Waals surface area contributed by atoms with E-state index in [0.717, 1.165) is 15.8 Å². The summed E-state index contributed by atoms with van der Waals surface area (Å²) in [6.07, 6.45) is -4.98. The predicted molar refractivity (Wildman–Crippen MR) is 165 cm³/mol. The summed E-state index contributed by atoms with van der Waals surface area (Å²) in [5.74, 6) is 0.310. The van der Waals surface area contributed by atoms with Gasteiger partial charge in [-0.3, -0.25) is 9.69 Å². The highest BCUT2D eigenvalue weighted by Gasteiger charge is 2.48. The number of halogens is 4. The number of hydrogen-bond donors (Lipinski definition) is 1. The van der Waals surface area contributed by atoms with Gasteiger partial charge in [0.1, 0.15) is 10.8 Å². The van der Waals surface area contributed by atoms with Crippen molar-refractivity contribution in [2.24, 2.45) is 0 Å². The van der Waals surface area contributed by atoms with Crippen LogP contribution in [-0.4, -0.2) is 72.1 Å². The normalized spacial score (nSPS) is 18.8. The van der Waals surface area contributed by atoms with Crippen molar-refractivity contribution >= 4 is 23.3 Å². The number of carbonyl (C=O) groups excluding carboxylic acids is 1. The molecule has 236 valence electrons. The molecule has 6 rings (SSSR count). The average molecular weight is 640 g/mol. The molecule has 0 unspecified atom stereocenters. The van der Waals surface area contributed by atoms with E-state index in [1.807, 2.05) is 36.4 Å². The van der Waals surface area contributed by atoms with Crippen molar-refractivity contribution in [2.45, 2.75) is 30.7 Å². The lowest BCUT2D eigenvalue weighted by atomic mass is 9.96. The molecule has 0 radical (unpaired) electrons. The Morgan fingerprint density at radius 2 is 1.51 bits per heavy atom. The van der Waals surface area contributed by atoms with Gasteiger partial charge in [0.2, 0.25) is 0 Å². The van der Waals surface area contributed by atoms with Crippen molar-refractivity contribution in [2.75, 3.05) is 45.7 Å². The summed E-state index contributed by atoms with van der Waals surface area (Å²) in [7, 11) is 2.94. The van der Waals surface area contributed by atoms with Crippen LogP contribution < -0.4 is 14.8 Å². The summed E-state index contributed by atoms with van der Waals surface area (Å²) < 4.78 is 54.6. The highest BCUT2D eigenvalue weighted by molar-refractivity contribution is 6.36. The number of alkyl halides is 3. The van der Waals surface area contributed by atoms with Gasteiger partial charge in [0.05, 0.1) is 26.3 Å². The zero-order valence-electron chi connectivity index (χ0n) is 24.8. The fourth-order valence-electron chi connectivity index (χ4n) is 6.23.